The Balaban J connectivity index is 2.40. The molecule has 0 spiro atoms. The molecule has 7 heteroatoms. The van der Waals surface area contributed by atoms with Crippen molar-refractivity contribution >= 4 is 11.9 Å². The number of halogens is 2. The molecule has 0 saturated heterocycles. The molecule has 1 rings (SSSR count). The highest BCUT2D eigenvalue weighted by Gasteiger charge is 2.17. The lowest BCUT2D eigenvalue weighted by molar-refractivity contribution is -0.139. The standard InChI is InChI=1S/C16H21F2NO4/c1-11(2)19(8-7-16(21)22)15(20)4-3-9-23-14-6-5-12(17)10-13(14)18/h5-6,10-11H,3-4,7-9H2,1-2H3,(H,21,22). The molecular weight excluding hydrogens is 308 g/mol. The van der Waals surface area contributed by atoms with E-state index in [1.165, 1.54) is 11.0 Å². The first-order valence-corrected chi connectivity index (χ1v) is 7.40. The van der Waals surface area contributed by atoms with E-state index in [-0.39, 0.29) is 43.7 Å². The predicted molar refractivity (Wildman–Crippen MR) is 80.2 cm³/mol. The van der Waals surface area contributed by atoms with Gasteiger partial charge in [0.25, 0.3) is 0 Å². The van der Waals surface area contributed by atoms with Gasteiger partial charge in [0.1, 0.15) is 5.82 Å². The number of benzene rings is 1. The van der Waals surface area contributed by atoms with Gasteiger partial charge >= 0.3 is 5.97 Å². The van der Waals surface area contributed by atoms with Crippen LogP contribution in [0.1, 0.15) is 33.1 Å². The summed E-state index contributed by atoms with van der Waals surface area (Å²) in [6.45, 7) is 3.88. The Hall–Kier alpha value is -2.18. The summed E-state index contributed by atoms with van der Waals surface area (Å²) in [6.07, 6.45) is 0.410. The average molecular weight is 329 g/mol. The van der Waals surface area contributed by atoms with Crippen molar-refractivity contribution in [2.45, 2.75) is 39.2 Å². The third-order valence-electron chi connectivity index (χ3n) is 3.20. The molecule has 0 atom stereocenters. The predicted octanol–water partition coefficient (Wildman–Crippen LogP) is 2.84. The second-order valence-electron chi connectivity index (χ2n) is 5.35. The summed E-state index contributed by atoms with van der Waals surface area (Å²) in [4.78, 5) is 24.2. The number of aliphatic carboxylic acids is 1. The summed E-state index contributed by atoms with van der Waals surface area (Å²) in [5, 5.41) is 8.69. The van der Waals surface area contributed by atoms with Gasteiger partial charge in [-0.05, 0) is 32.4 Å². The number of hydrogen-bond donors (Lipinski definition) is 1. The van der Waals surface area contributed by atoms with Crippen molar-refractivity contribution < 1.29 is 28.2 Å². The van der Waals surface area contributed by atoms with E-state index in [4.69, 9.17) is 9.84 Å². The zero-order valence-corrected chi connectivity index (χ0v) is 13.2. The molecule has 0 fully saturated rings. The monoisotopic (exact) mass is 329 g/mol. The molecule has 0 saturated carbocycles. The largest absolute Gasteiger partial charge is 0.491 e. The van der Waals surface area contributed by atoms with Crippen LogP contribution in [0.15, 0.2) is 18.2 Å². The summed E-state index contributed by atoms with van der Waals surface area (Å²) >= 11 is 0. The van der Waals surface area contributed by atoms with Crippen LogP contribution in [0.25, 0.3) is 0 Å². The van der Waals surface area contributed by atoms with E-state index in [0.717, 1.165) is 12.1 Å². The van der Waals surface area contributed by atoms with Crippen LogP contribution in [0.5, 0.6) is 5.75 Å². The number of carboxylic acids is 1. The number of ether oxygens (including phenoxy) is 1. The maximum absolute atomic E-state index is 13.4. The Morgan fingerprint density at radius 3 is 2.52 bits per heavy atom. The van der Waals surface area contributed by atoms with E-state index in [9.17, 15) is 18.4 Å². The van der Waals surface area contributed by atoms with E-state index in [1.54, 1.807) is 0 Å². The van der Waals surface area contributed by atoms with Crippen molar-refractivity contribution in [2.75, 3.05) is 13.2 Å². The fourth-order valence-corrected chi connectivity index (χ4v) is 2.03. The number of rotatable bonds is 9. The number of amides is 1. The second kappa shape index (κ2) is 9.07. The van der Waals surface area contributed by atoms with E-state index >= 15 is 0 Å². The molecule has 1 aromatic rings. The van der Waals surface area contributed by atoms with Crippen LogP contribution < -0.4 is 4.74 Å². The molecule has 0 heterocycles. The van der Waals surface area contributed by atoms with Crippen molar-refractivity contribution in [1.29, 1.82) is 0 Å². The van der Waals surface area contributed by atoms with Crippen LogP contribution >= 0.6 is 0 Å². The van der Waals surface area contributed by atoms with Crippen LogP contribution in [0.4, 0.5) is 8.78 Å². The van der Waals surface area contributed by atoms with Crippen molar-refractivity contribution in [3.8, 4) is 5.75 Å². The fraction of sp³-hybridized carbons (Fsp3) is 0.500. The molecule has 0 unspecified atom stereocenters. The van der Waals surface area contributed by atoms with Gasteiger partial charge in [-0.1, -0.05) is 0 Å². The molecule has 1 amide bonds. The Labute approximate surface area is 133 Å². The minimum absolute atomic E-state index is 0.0644. The minimum Gasteiger partial charge on any atom is -0.491 e. The normalized spacial score (nSPS) is 10.7. The van der Waals surface area contributed by atoms with Crippen LogP contribution in [-0.2, 0) is 9.59 Å². The highest BCUT2D eigenvalue weighted by Crippen LogP contribution is 2.18. The van der Waals surface area contributed by atoms with Gasteiger partial charge in [-0.25, -0.2) is 8.78 Å². The lowest BCUT2D eigenvalue weighted by atomic mass is 10.2. The van der Waals surface area contributed by atoms with Crippen molar-refractivity contribution in [3.05, 3.63) is 29.8 Å². The lowest BCUT2D eigenvalue weighted by Gasteiger charge is -2.26. The summed E-state index contributed by atoms with van der Waals surface area (Å²) in [7, 11) is 0. The second-order valence-corrected chi connectivity index (χ2v) is 5.35. The van der Waals surface area contributed by atoms with E-state index in [0.29, 0.717) is 6.42 Å². The minimum atomic E-state index is -0.960. The third-order valence-corrected chi connectivity index (χ3v) is 3.20. The highest BCUT2D eigenvalue weighted by molar-refractivity contribution is 5.77. The lowest BCUT2D eigenvalue weighted by Crippen LogP contribution is -2.38. The van der Waals surface area contributed by atoms with Gasteiger partial charge in [-0.3, -0.25) is 9.59 Å². The number of carbonyl (C=O) groups excluding carboxylic acids is 1. The Morgan fingerprint density at radius 1 is 1.26 bits per heavy atom. The van der Waals surface area contributed by atoms with Gasteiger partial charge in [-0.2, -0.15) is 0 Å². The smallest absolute Gasteiger partial charge is 0.305 e. The fourth-order valence-electron chi connectivity index (χ4n) is 2.03. The quantitative estimate of drug-likeness (QED) is 0.708. The van der Waals surface area contributed by atoms with E-state index in [1.807, 2.05) is 13.8 Å². The van der Waals surface area contributed by atoms with Crippen LogP contribution in [0.2, 0.25) is 0 Å². The molecule has 0 radical (unpaired) electrons. The number of carboxylic acid groups (broad SMARTS) is 1. The molecule has 23 heavy (non-hydrogen) atoms. The SMILES string of the molecule is CC(C)N(CCC(=O)O)C(=O)CCCOc1ccc(F)cc1F. The first-order chi connectivity index (χ1) is 10.8. The molecule has 128 valence electrons. The van der Waals surface area contributed by atoms with Crippen LogP contribution in [0.3, 0.4) is 0 Å². The van der Waals surface area contributed by atoms with Crippen LogP contribution in [0, 0.1) is 11.6 Å². The average Bonchev–Trinajstić information content (AvgIpc) is 2.44. The van der Waals surface area contributed by atoms with E-state index < -0.39 is 17.6 Å². The highest BCUT2D eigenvalue weighted by atomic mass is 19.1. The number of carbonyl (C=O) groups is 2. The maximum Gasteiger partial charge on any atom is 0.305 e. The summed E-state index contributed by atoms with van der Waals surface area (Å²) in [6, 6.07) is 2.92. The molecule has 1 N–H and O–H groups in total. The van der Waals surface area contributed by atoms with Gasteiger partial charge in [0.2, 0.25) is 5.91 Å². The topological polar surface area (TPSA) is 66.8 Å². The Kier molecular flexibility index (Phi) is 7.44. The summed E-state index contributed by atoms with van der Waals surface area (Å²) < 4.78 is 31.3. The van der Waals surface area contributed by atoms with Gasteiger partial charge in [-0.15, -0.1) is 0 Å². The van der Waals surface area contributed by atoms with Crippen LogP contribution in [-0.4, -0.2) is 41.1 Å². The van der Waals surface area contributed by atoms with E-state index in [2.05, 4.69) is 0 Å². The first kappa shape index (κ1) is 18.9. The Morgan fingerprint density at radius 2 is 1.96 bits per heavy atom. The first-order valence-electron chi connectivity index (χ1n) is 7.40. The van der Waals surface area contributed by atoms with Crippen molar-refractivity contribution in [1.82, 2.24) is 4.90 Å². The summed E-state index contributed by atoms with van der Waals surface area (Å²) in [5.74, 6) is -2.67. The molecule has 0 aliphatic carbocycles. The van der Waals surface area contributed by atoms with Gasteiger partial charge in [0.15, 0.2) is 11.6 Å². The van der Waals surface area contributed by atoms with Gasteiger partial charge < -0.3 is 14.7 Å². The molecule has 0 aliphatic heterocycles. The van der Waals surface area contributed by atoms with Gasteiger partial charge in [0.05, 0.1) is 13.0 Å². The number of nitrogens with zero attached hydrogens (tertiary/aromatic N) is 1. The molecule has 1 aromatic carbocycles. The Bertz CT molecular complexity index is 549. The molecule has 0 bridgehead atoms. The van der Waals surface area contributed by atoms with Crippen molar-refractivity contribution in [3.63, 3.8) is 0 Å². The number of hydrogen-bond acceptors (Lipinski definition) is 3. The molecule has 5 nitrogen and oxygen atoms in total. The molecule has 0 aromatic heterocycles. The zero-order chi connectivity index (χ0) is 17.4. The van der Waals surface area contributed by atoms with Gasteiger partial charge in [0, 0.05) is 25.1 Å². The zero-order valence-electron chi connectivity index (χ0n) is 13.2. The van der Waals surface area contributed by atoms with Crippen molar-refractivity contribution in [2.24, 2.45) is 0 Å². The summed E-state index contributed by atoms with van der Waals surface area (Å²) in [5.41, 5.74) is 0. The maximum atomic E-state index is 13.4. The third kappa shape index (κ3) is 6.63. The molecule has 0 aliphatic rings. The molecular formula is C16H21F2NO4.